The van der Waals surface area contributed by atoms with Gasteiger partial charge in [-0.3, -0.25) is 19.4 Å². The number of pyridine rings is 1. The lowest BCUT2D eigenvalue weighted by Gasteiger charge is -2.50. The smallest absolute Gasteiger partial charge is 0.289 e. The molecule has 12 heteroatoms. The van der Waals surface area contributed by atoms with Crippen LogP contribution in [0.15, 0.2) is 29.2 Å². The minimum absolute atomic E-state index is 0.0192. The highest BCUT2D eigenvalue weighted by Gasteiger charge is 2.51. The van der Waals surface area contributed by atoms with Crippen LogP contribution in [0, 0.1) is 11.6 Å². The number of benzene rings is 1. The Morgan fingerprint density at radius 1 is 1.31 bits per heavy atom. The van der Waals surface area contributed by atoms with Gasteiger partial charge in [0.2, 0.25) is 5.43 Å². The molecular formula is C23H25ClF2N4O5. The lowest BCUT2D eigenvalue weighted by atomic mass is 9.92. The highest BCUT2D eigenvalue weighted by atomic mass is 35.5. The average molecular weight is 511 g/mol. The maximum Gasteiger partial charge on any atom is 0.289 e. The van der Waals surface area contributed by atoms with Gasteiger partial charge in [0.25, 0.3) is 11.8 Å². The second kappa shape index (κ2) is 9.92. The van der Waals surface area contributed by atoms with E-state index in [1.807, 2.05) is 6.92 Å². The molecule has 0 saturated carbocycles. The molecule has 3 heterocycles. The first-order chi connectivity index (χ1) is 16.7. The van der Waals surface area contributed by atoms with Crippen molar-refractivity contribution < 1.29 is 27.8 Å². The third-order valence-electron chi connectivity index (χ3n) is 6.07. The number of nitrogens with one attached hydrogen (secondary N) is 1. The Morgan fingerprint density at radius 2 is 2.06 bits per heavy atom. The standard InChI is InChI=1S/C23H25ClF2N4O5/c1-3-4-7-35-20-18-22(33)30(28(2)24)11-23(12-34-13-23)29(18)10-16(19(20)31)21(32)27-9-14-5-6-15(25)8-17(14)26/h5-6,8,10H,3-4,7,9,11-13H2,1-2H3,(H,27,32). The van der Waals surface area contributed by atoms with Gasteiger partial charge in [-0.25, -0.2) is 8.78 Å². The molecule has 0 bridgehead atoms. The molecule has 1 N–H and O–H groups in total. The third-order valence-corrected chi connectivity index (χ3v) is 6.26. The van der Waals surface area contributed by atoms with Gasteiger partial charge in [-0.1, -0.05) is 19.4 Å². The number of carbonyl (C=O) groups excluding carboxylic acids is 2. The van der Waals surface area contributed by atoms with Gasteiger partial charge >= 0.3 is 0 Å². The number of ether oxygens (including phenoxy) is 2. The molecular weight excluding hydrogens is 486 g/mol. The van der Waals surface area contributed by atoms with E-state index in [2.05, 4.69) is 5.32 Å². The number of aromatic nitrogens is 1. The summed E-state index contributed by atoms with van der Waals surface area (Å²) in [5, 5.41) is 3.77. The molecule has 2 aliphatic heterocycles. The van der Waals surface area contributed by atoms with Crippen molar-refractivity contribution in [3.63, 3.8) is 0 Å². The molecule has 1 fully saturated rings. The summed E-state index contributed by atoms with van der Waals surface area (Å²) in [4.78, 5) is 39.7. The summed E-state index contributed by atoms with van der Waals surface area (Å²) in [6.45, 7) is 2.47. The number of rotatable bonds is 8. The monoisotopic (exact) mass is 510 g/mol. The van der Waals surface area contributed by atoms with Gasteiger partial charge < -0.3 is 19.4 Å². The molecule has 2 amide bonds. The van der Waals surface area contributed by atoms with E-state index in [9.17, 15) is 23.2 Å². The van der Waals surface area contributed by atoms with Crippen LogP contribution in [0.4, 0.5) is 8.78 Å². The van der Waals surface area contributed by atoms with Gasteiger partial charge in [0, 0.05) is 31.4 Å². The Morgan fingerprint density at radius 3 is 2.66 bits per heavy atom. The Kier molecular flexibility index (Phi) is 7.11. The molecule has 0 aliphatic carbocycles. The fraction of sp³-hybridized carbons (Fsp3) is 0.435. The number of fused-ring (bicyclic) bond motifs is 2. The highest BCUT2D eigenvalue weighted by molar-refractivity contribution is 6.14. The predicted molar refractivity (Wildman–Crippen MR) is 122 cm³/mol. The first kappa shape index (κ1) is 25.1. The third kappa shape index (κ3) is 4.63. The number of unbranched alkanes of at least 4 members (excludes halogenated alkanes) is 1. The van der Waals surface area contributed by atoms with Crippen molar-refractivity contribution in [2.45, 2.75) is 31.8 Å². The maximum absolute atomic E-state index is 14.0. The minimum Gasteiger partial charge on any atom is -0.487 e. The van der Waals surface area contributed by atoms with Crippen LogP contribution < -0.4 is 15.5 Å². The van der Waals surface area contributed by atoms with Crippen LogP contribution in [0.3, 0.4) is 0 Å². The van der Waals surface area contributed by atoms with E-state index in [0.29, 0.717) is 12.5 Å². The van der Waals surface area contributed by atoms with Crippen LogP contribution in [-0.2, 0) is 16.8 Å². The molecule has 0 unspecified atom stereocenters. The first-order valence-corrected chi connectivity index (χ1v) is 11.5. The number of hydrogen-bond acceptors (Lipinski definition) is 6. The first-order valence-electron chi connectivity index (χ1n) is 11.1. The average Bonchev–Trinajstić information content (AvgIpc) is 2.78. The largest absolute Gasteiger partial charge is 0.487 e. The minimum atomic E-state index is -0.822. The number of hydrogen-bond donors (Lipinski definition) is 1. The highest BCUT2D eigenvalue weighted by Crippen LogP contribution is 2.37. The molecule has 1 spiro atoms. The maximum atomic E-state index is 14.0. The molecule has 9 nitrogen and oxygen atoms in total. The van der Waals surface area contributed by atoms with Gasteiger partial charge in [-0.2, -0.15) is 0 Å². The summed E-state index contributed by atoms with van der Waals surface area (Å²) in [5.74, 6) is -3.15. The summed E-state index contributed by atoms with van der Waals surface area (Å²) in [6, 6.07) is 2.99. The van der Waals surface area contributed by atoms with Gasteiger partial charge in [-0.05, 0) is 24.3 Å². The van der Waals surface area contributed by atoms with Crippen molar-refractivity contribution >= 4 is 23.6 Å². The van der Waals surface area contributed by atoms with Crippen LogP contribution in [0.25, 0.3) is 0 Å². The number of amides is 2. The number of hydrazine groups is 1. The molecule has 35 heavy (non-hydrogen) atoms. The van der Waals surface area contributed by atoms with E-state index in [1.165, 1.54) is 24.3 Å². The predicted octanol–water partition coefficient (Wildman–Crippen LogP) is 2.42. The van der Waals surface area contributed by atoms with Crippen LogP contribution in [0.2, 0.25) is 0 Å². The molecule has 1 aromatic heterocycles. The van der Waals surface area contributed by atoms with Gasteiger partial charge in [0.15, 0.2) is 11.4 Å². The van der Waals surface area contributed by atoms with E-state index in [0.717, 1.165) is 17.0 Å². The van der Waals surface area contributed by atoms with E-state index in [4.69, 9.17) is 21.3 Å². The van der Waals surface area contributed by atoms with Crippen molar-refractivity contribution in [3.05, 3.63) is 63.1 Å². The van der Waals surface area contributed by atoms with Gasteiger partial charge in [0.05, 0.1) is 26.4 Å². The Hall–Kier alpha value is -3.02. The van der Waals surface area contributed by atoms with E-state index in [-0.39, 0.29) is 55.5 Å². The van der Waals surface area contributed by atoms with E-state index < -0.39 is 34.4 Å². The van der Waals surface area contributed by atoms with Crippen LogP contribution in [-0.4, -0.2) is 59.3 Å². The van der Waals surface area contributed by atoms with Crippen molar-refractivity contribution in [1.29, 1.82) is 0 Å². The molecule has 2 aromatic rings. The molecule has 1 aromatic carbocycles. The summed E-state index contributed by atoms with van der Waals surface area (Å²) >= 11 is 6.10. The zero-order valence-electron chi connectivity index (χ0n) is 19.3. The van der Waals surface area contributed by atoms with Crippen LogP contribution >= 0.6 is 11.8 Å². The lowest BCUT2D eigenvalue weighted by molar-refractivity contribution is -0.131. The Balaban J connectivity index is 1.75. The zero-order valence-corrected chi connectivity index (χ0v) is 20.0. The lowest BCUT2D eigenvalue weighted by Crippen LogP contribution is -2.65. The van der Waals surface area contributed by atoms with Crippen molar-refractivity contribution in [2.24, 2.45) is 0 Å². The molecule has 4 rings (SSSR count). The Bertz CT molecular complexity index is 1220. The summed E-state index contributed by atoms with van der Waals surface area (Å²) in [6.07, 6.45) is 2.72. The van der Waals surface area contributed by atoms with Crippen molar-refractivity contribution in [1.82, 2.24) is 19.4 Å². The molecule has 0 atom stereocenters. The van der Waals surface area contributed by atoms with Gasteiger partial charge in [-0.15, -0.1) is 4.53 Å². The van der Waals surface area contributed by atoms with E-state index >= 15 is 0 Å². The SMILES string of the molecule is CCCCOc1c2n(cc(C(=O)NCc3ccc(F)cc3F)c1=O)C1(COC1)CN(N(C)Cl)C2=O. The fourth-order valence-electron chi connectivity index (χ4n) is 4.06. The second-order valence-corrected chi connectivity index (χ2v) is 9.05. The molecule has 1 saturated heterocycles. The Labute approximate surface area is 205 Å². The molecule has 2 aliphatic rings. The quantitative estimate of drug-likeness (QED) is 0.433. The summed E-state index contributed by atoms with van der Waals surface area (Å²) in [7, 11) is 1.49. The molecule has 188 valence electrons. The molecule has 0 radical (unpaired) electrons. The van der Waals surface area contributed by atoms with Gasteiger partial charge in [0.1, 0.15) is 22.7 Å². The van der Waals surface area contributed by atoms with Crippen LogP contribution in [0.1, 0.15) is 46.2 Å². The normalized spacial score (nSPS) is 16.3. The number of nitrogens with zero attached hydrogens (tertiary/aromatic N) is 3. The van der Waals surface area contributed by atoms with Crippen LogP contribution in [0.5, 0.6) is 5.75 Å². The number of halogens is 3. The second-order valence-electron chi connectivity index (χ2n) is 8.56. The summed E-state index contributed by atoms with van der Waals surface area (Å²) < 4.78 is 41.0. The topological polar surface area (TPSA) is 93.1 Å². The van der Waals surface area contributed by atoms with Crippen molar-refractivity contribution in [2.75, 3.05) is 33.4 Å². The van der Waals surface area contributed by atoms with E-state index in [1.54, 1.807) is 4.57 Å². The summed E-state index contributed by atoms with van der Waals surface area (Å²) in [5.41, 5.74) is -1.76. The fourth-order valence-corrected chi connectivity index (χ4v) is 4.18. The number of carbonyl (C=O) groups is 2. The zero-order chi connectivity index (χ0) is 25.3. The van der Waals surface area contributed by atoms with Crippen molar-refractivity contribution in [3.8, 4) is 5.75 Å².